The molecule has 5 rings (SSSR count). The van der Waals surface area contributed by atoms with Crippen LogP contribution in [0.25, 0.3) is 11.6 Å². The molecule has 44 heavy (non-hydrogen) atoms. The summed E-state index contributed by atoms with van der Waals surface area (Å²) in [5.74, 6) is -0.226. The van der Waals surface area contributed by atoms with Gasteiger partial charge in [0, 0.05) is 29.4 Å². The summed E-state index contributed by atoms with van der Waals surface area (Å²) in [7, 11) is -3.40. The average Bonchev–Trinajstić information content (AvgIpc) is 2.96. The smallest absolute Gasteiger partial charge is 0.361 e. The number of aryl methyl sites for hydroxylation is 6. The molecule has 0 heterocycles. The first-order valence-electron chi connectivity index (χ1n) is 14.6. The SMILES string of the molecule is CS(=O)(=O)c1cccc2c1C=CC(=[N+]=[N-])C2=O.Cc1ccc(C(c2cc(C)c(C)c(C)c2)c2cc(C)c(C)c(C)c2)cc1C. The van der Waals surface area contributed by atoms with Crippen molar-refractivity contribution in [3.8, 4) is 0 Å². The van der Waals surface area contributed by atoms with E-state index in [1.165, 1.54) is 91.5 Å². The predicted octanol–water partition coefficient (Wildman–Crippen LogP) is 8.30. The van der Waals surface area contributed by atoms with E-state index >= 15 is 0 Å². The second-order valence-corrected chi connectivity index (χ2v) is 14.0. The molecular formula is C38H40N2O3S. The van der Waals surface area contributed by atoms with Gasteiger partial charge in [-0.15, -0.1) is 0 Å². The standard InChI is InChI=1S/C27H32.C11H8N2O3S/c1-16-9-10-24(11-17(16)2)27(25-12-18(3)22(7)19(4)13-25)26-14-20(5)23(8)21(6)15-26;1-17(15,16)10-4-2-3-8-7(10)5-6-9(13-12)11(8)14/h9-15,27H,1-8H3;2-6H,1H3. The Morgan fingerprint density at radius 1 is 0.636 bits per heavy atom. The van der Waals surface area contributed by atoms with Crippen LogP contribution in [0.4, 0.5) is 0 Å². The molecule has 0 N–H and O–H groups in total. The molecule has 0 saturated carbocycles. The van der Waals surface area contributed by atoms with Crippen LogP contribution in [0.5, 0.6) is 0 Å². The summed E-state index contributed by atoms with van der Waals surface area (Å²) in [6.07, 6.45) is 3.83. The second kappa shape index (κ2) is 12.7. The molecule has 0 bridgehead atoms. The van der Waals surface area contributed by atoms with Crippen molar-refractivity contribution < 1.29 is 18.0 Å². The minimum Gasteiger partial charge on any atom is -0.361 e. The summed E-state index contributed by atoms with van der Waals surface area (Å²) in [6.45, 7) is 17.8. The van der Waals surface area contributed by atoms with Crippen molar-refractivity contribution in [1.82, 2.24) is 0 Å². The number of Topliss-reactive ketones (excluding diaryl/α,β-unsaturated/α-hetero) is 1. The zero-order chi connectivity index (χ0) is 32.5. The number of hydrogen-bond acceptors (Lipinski definition) is 3. The van der Waals surface area contributed by atoms with Crippen LogP contribution in [0.2, 0.25) is 0 Å². The third-order valence-corrected chi connectivity index (χ3v) is 10.0. The van der Waals surface area contributed by atoms with Crippen LogP contribution in [0.3, 0.4) is 0 Å². The largest absolute Gasteiger partial charge is 0.362 e. The first-order valence-corrected chi connectivity index (χ1v) is 16.5. The van der Waals surface area contributed by atoms with E-state index in [0.29, 0.717) is 5.56 Å². The Balaban J connectivity index is 0.000000223. The van der Waals surface area contributed by atoms with Crippen LogP contribution >= 0.6 is 0 Å². The van der Waals surface area contributed by atoms with Crippen molar-refractivity contribution in [3.05, 3.63) is 145 Å². The monoisotopic (exact) mass is 604 g/mol. The van der Waals surface area contributed by atoms with E-state index < -0.39 is 15.6 Å². The van der Waals surface area contributed by atoms with Gasteiger partial charge in [0.15, 0.2) is 9.84 Å². The lowest BCUT2D eigenvalue weighted by atomic mass is 9.80. The Labute approximate surface area is 261 Å². The third kappa shape index (κ3) is 6.57. The zero-order valence-corrected chi connectivity index (χ0v) is 27.8. The van der Waals surface area contributed by atoms with Crippen LogP contribution in [0.15, 0.2) is 71.6 Å². The first-order chi connectivity index (χ1) is 20.6. The van der Waals surface area contributed by atoms with Crippen LogP contribution in [0.1, 0.15) is 83.0 Å². The van der Waals surface area contributed by atoms with E-state index in [9.17, 15) is 13.2 Å². The molecule has 4 aromatic rings. The van der Waals surface area contributed by atoms with Crippen molar-refractivity contribution in [1.29, 1.82) is 0 Å². The van der Waals surface area contributed by atoms with Crippen LogP contribution in [-0.4, -0.2) is 31.0 Å². The van der Waals surface area contributed by atoms with Gasteiger partial charge in [-0.2, -0.15) is 4.79 Å². The van der Waals surface area contributed by atoms with Gasteiger partial charge in [0.25, 0.3) is 5.78 Å². The highest BCUT2D eigenvalue weighted by Crippen LogP contribution is 2.36. The second-order valence-electron chi connectivity index (χ2n) is 12.0. The van der Waals surface area contributed by atoms with Crippen LogP contribution in [-0.2, 0) is 9.84 Å². The number of sulfone groups is 1. The van der Waals surface area contributed by atoms with E-state index in [0.717, 1.165) is 6.26 Å². The van der Waals surface area contributed by atoms with Crippen molar-refractivity contribution in [2.45, 2.75) is 66.2 Å². The number of fused-ring (bicyclic) bond motifs is 1. The number of nitrogens with zero attached hydrogens (tertiary/aromatic N) is 2. The number of carbonyl (C=O) groups excluding carboxylic acids is 1. The minimum absolute atomic E-state index is 0.0941. The summed E-state index contributed by atoms with van der Waals surface area (Å²) in [5, 5.41) is 0. The number of allylic oxidation sites excluding steroid dienone is 1. The molecule has 0 unspecified atom stereocenters. The van der Waals surface area contributed by atoms with Gasteiger partial charge in [0.05, 0.1) is 4.90 Å². The maximum Gasteiger partial charge on any atom is 0.362 e. The molecular weight excluding hydrogens is 564 g/mol. The fourth-order valence-corrected chi connectivity index (χ4v) is 6.59. The highest BCUT2D eigenvalue weighted by atomic mass is 32.2. The number of rotatable bonds is 4. The average molecular weight is 605 g/mol. The molecule has 1 aliphatic carbocycles. The predicted molar refractivity (Wildman–Crippen MR) is 180 cm³/mol. The van der Waals surface area contributed by atoms with E-state index in [-0.39, 0.29) is 22.1 Å². The maximum atomic E-state index is 11.8. The summed E-state index contributed by atoms with van der Waals surface area (Å²) < 4.78 is 23.1. The van der Waals surface area contributed by atoms with Gasteiger partial charge in [0.2, 0.25) is 0 Å². The molecule has 0 aliphatic heterocycles. The van der Waals surface area contributed by atoms with E-state index in [1.807, 2.05) is 0 Å². The van der Waals surface area contributed by atoms with Gasteiger partial charge in [-0.1, -0.05) is 54.6 Å². The fourth-order valence-electron chi connectivity index (χ4n) is 5.69. The van der Waals surface area contributed by atoms with E-state index in [4.69, 9.17) is 5.53 Å². The first kappa shape index (κ1) is 32.5. The van der Waals surface area contributed by atoms with Gasteiger partial charge < -0.3 is 5.53 Å². The summed E-state index contributed by atoms with van der Waals surface area (Å²) in [5.41, 5.74) is 24.2. The Kier molecular flexibility index (Phi) is 9.39. The Morgan fingerprint density at radius 3 is 1.59 bits per heavy atom. The summed E-state index contributed by atoms with van der Waals surface area (Å²) in [4.78, 5) is 14.7. The van der Waals surface area contributed by atoms with Crippen LogP contribution < -0.4 is 0 Å². The quantitative estimate of drug-likeness (QED) is 0.133. The van der Waals surface area contributed by atoms with Gasteiger partial charge >= 0.3 is 5.71 Å². The molecule has 0 spiro atoms. The van der Waals surface area contributed by atoms with Crippen LogP contribution in [0, 0.1) is 55.4 Å². The molecule has 4 aromatic carbocycles. The third-order valence-electron chi connectivity index (χ3n) is 8.89. The number of hydrogen-bond donors (Lipinski definition) is 0. The number of carbonyl (C=O) groups is 1. The molecule has 0 atom stereocenters. The molecule has 0 saturated heterocycles. The molecule has 0 amide bonds. The van der Waals surface area contributed by atoms with Gasteiger partial charge in [-0.25, -0.2) is 8.42 Å². The highest BCUT2D eigenvalue weighted by Gasteiger charge is 2.28. The van der Waals surface area contributed by atoms with Crippen molar-refractivity contribution in [3.63, 3.8) is 0 Å². The fraction of sp³-hybridized carbons (Fsp3) is 0.263. The molecule has 0 aromatic heterocycles. The molecule has 226 valence electrons. The van der Waals surface area contributed by atoms with Gasteiger partial charge in [-0.3, -0.25) is 4.79 Å². The number of benzene rings is 4. The van der Waals surface area contributed by atoms with E-state index in [2.05, 4.69) is 103 Å². The molecule has 5 nitrogen and oxygen atoms in total. The Bertz CT molecular complexity index is 1890. The van der Waals surface area contributed by atoms with E-state index in [1.54, 1.807) is 0 Å². The Morgan fingerprint density at radius 2 is 1.14 bits per heavy atom. The lowest BCUT2D eigenvalue weighted by Gasteiger charge is -2.23. The molecule has 0 fully saturated rings. The van der Waals surface area contributed by atoms with Gasteiger partial charge in [0.1, 0.15) is 0 Å². The van der Waals surface area contributed by atoms with Crippen molar-refractivity contribution >= 4 is 27.4 Å². The lowest BCUT2D eigenvalue weighted by Crippen LogP contribution is -2.19. The normalized spacial score (nSPS) is 12.5. The zero-order valence-electron chi connectivity index (χ0n) is 27.0. The summed E-state index contributed by atoms with van der Waals surface area (Å²) in [6, 6.07) is 20.9. The van der Waals surface area contributed by atoms with Crippen molar-refractivity contribution in [2.75, 3.05) is 6.26 Å². The lowest BCUT2D eigenvalue weighted by molar-refractivity contribution is -0.00436. The molecule has 1 aliphatic rings. The minimum atomic E-state index is -3.40. The van der Waals surface area contributed by atoms with Crippen molar-refractivity contribution in [2.24, 2.45) is 0 Å². The molecule has 6 heteroatoms. The Hall–Kier alpha value is -4.38. The molecule has 0 radical (unpaired) electrons. The van der Waals surface area contributed by atoms with Gasteiger partial charge in [-0.05, 0) is 129 Å². The maximum absolute atomic E-state index is 11.8. The highest BCUT2D eigenvalue weighted by molar-refractivity contribution is 7.90. The number of ketones is 1. The summed E-state index contributed by atoms with van der Waals surface area (Å²) >= 11 is 0. The topological polar surface area (TPSA) is 87.6 Å².